The van der Waals surface area contributed by atoms with E-state index in [-0.39, 0.29) is 0 Å². The average Bonchev–Trinajstić information content (AvgIpc) is 2.61. The summed E-state index contributed by atoms with van der Waals surface area (Å²) in [6.45, 7) is 4.10. The summed E-state index contributed by atoms with van der Waals surface area (Å²) < 4.78 is 0. The van der Waals surface area contributed by atoms with Crippen molar-refractivity contribution in [3.05, 3.63) is 12.2 Å². The predicted molar refractivity (Wildman–Crippen MR) is 63.3 cm³/mol. The van der Waals surface area contributed by atoms with E-state index in [0.717, 1.165) is 32.1 Å². The van der Waals surface area contributed by atoms with Crippen molar-refractivity contribution < 1.29 is 4.79 Å². The summed E-state index contributed by atoms with van der Waals surface area (Å²) in [7, 11) is 0. The summed E-state index contributed by atoms with van der Waals surface area (Å²) in [6.07, 6.45) is 9.11. The van der Waals surface area contributed by atoms with Crippen molar-refractivity contribution in [3.63, 3.8) is 0 Å². The third-order valence-corrected chi connectivity index (χ3v) is 2.86. The van der Waals surface area contributed by atoms with E-state index < -0.39 is 0 Å². The lowest BCUT2D eigenvalue weighted by molar-refractivity contribution is -0.117. The number of hydrogen-bond acceptors (Lipinski definition) is 1. The molecule has 1 aliphatic rings. The molecular formula is C14H20O. The number of carbonyl (C=O) groups excluding carboxylic acids is 1. The maximum absolute atomic E-state index is 11.0. The van der Waals surface area contributed by atoms with Gasteiger partial charge in [-0.2, -0.15) is 0 Å². The Morgan fingerprint density at radius 2 is 2.40 bits per heavy atom. The van der Waals surface area contributed by atoms with Crippen LogP contribution in [-0.2, 0) is 4.79 Å². The molecule has 82 valence electrons. The average molecular weight is 204 g/mol. The second-order valence-corrected chi connectivity index (χ2v) is 4.44. The molecule has 0 bridgehead atoms. The fourth-order valence-corrected chi connectivity index (χ4v) is 1.87. The van der Waals surface area contributed by atoms with Crippen LogP contribution in [0.5, 0.6) is 0 Å². The minimum absolute atomic E-state index is 0.426. The lowest BCUT2D eigenvalue weighted by Gasteiger charge is -2.04. The molecule has 0 spiro atoms. The normalized spacial score (nSPS) is 22.8. The Labute approximate surface area is 92.9 Å². The van der Waals surface area contributed by atoms with Crippen LogP contribution < -0.4 is 0 Å². The molecule has 0 aromatic carbocycles. The summed E-state index contributed by atoms with van der Waals surface area (Å²) in [4.78, 5) is 11.0. The van der Waals surface area contributed by atoms with E-state index in [0.29, 0.717) is 17.6 Å². The lowest BCUT2D eigenvalue weighted by Crippen LogP contribution is -1.93. The smallest absolute Gasteiger partial charge is 0.133 e. The predicted octanol–water partition coefficient (Wildman–Crippen LogP) is 3.35. The van der Waals surface area contributed by atoms with Gasteiger partial charge in [-0.05, 0) is 31.6 Å². The van der Waals surface area contributed by atoms with Crippen molar-refractivity contribution in [2.45, 2.75) is 46.0 Å². The number of allylic oxidation sites excluding steroid dienone is 2. The van der Waals surface area contributed by atoms with E-state index >= 15 is 0 Å². The maximum atomic E-state index is 11.0. The molecule has 15 heavy (non-hydrogen) atoms. The first-order valence-electron chi connectivity index (χ1n) is 5.80. The molecule has 1 rings (SSSR count). The third kappa shape index (κ3) is 4.83. The van der Waals surface area contributed by atoms with Crippen LogP contribution in [0.3, 0.4) is 0 Å². The molecular weight excluding hydrogens is 184 g/mol. The van der Waals surface area contributed by atoms with Gasteiger partial charge in [0, 0.05) is 19.3 Å². The molecule has 1 fully saturated rings. The van der Waals surface area contributed by atoms with Crippen LogP contribution in [0.15, 0.2) is 12.2 Å². The molecule has 0 aromatic rings. The van der Waals surface area contributed by atoms with Gasteiger partial charge in [-0.15, -0.1) is 11.8 Å². The summed E-state index contributed by atoms with van der Waals surface area (Å²) >= 11 is 0. The van der Waals surface area contributed by atoms with Crippen molar-refractivity contribution in [3.8, 4) is 11.8 Å². The Kier molecular flexibility index (Phi) is 5.18. The van der Waals surface area contributed by atoms with Crippen molar-refractivity contribution in [1.82, 2.24) is 0 Å². The van der Waals surface area contributed by atoms with Gasteiger partial charge in [-0.25, -0.2) is 0 Å². The minimum atomic E-state index is 0.426. The van der Waals surface area contributed by atoms with Gasteiger partial charge in [0.05, 0.1) is 0 Å². The highest BCUT2D eigenvalue weighted by Gasteiger charge is 2.19. The number of ketones is 1. The highest BCUT2D eigenvalue weighted by Crippen LogP contribution is 2.23. The summed E-state index contributed by atoms with van der Waals surface area (Å²) in [5, 5.41) is 0. The number of Topliss-reactive ketones (excluding diaryl/α,β-unsaturated/α-hetero) is 1. The number of carbonyl (C=O) groups is 1. The standard InChI is InChI=1S/C14H20O/c1-3-4-6-12(2)7-5-8-13-9-10-14(15)11-13/h5,8,12-13H,6-7,9-11H2,1-2H3/b8-5+. The van der Waals surface area contributed by atoms with Gasteiger partial charge in [0.15, 0.2) is 0 Å². The zero-order valence-electron chi connectivity index (χ0n) is 9.75. The molecule has 0 heterocycles. The van der Waals surface area contributed by atoms with Crippen LogP contribution in [-0.4, -0.2) is 5.78 Å². The van der Waals surface area contributed by atoms with Crippen molar-refractivity contribution in [2.24, 2.45) is 11.8 Å². The first kappa shape index (κ1) is 12.0. The van der Waals surface area contributed by atoms with Crippen molar-refractivity contribution >= 4 is 5.78 Å². The Balaban J connectivity index is 2.20. The summed E-state index contributed by atoms with van der Waals surface area (Å²) in [5.41, 5.74) is 0. The van der Waals surface area contributed by atoms with E-state index in [4.69, 9.17) is 0 Å². The van der Waals surface area contributed by atoms with Gasteiger partial charge >= 0.3 is 0 Å². The lowest BCUT2D eigenvalue weighted by atomic mass is 10.0. The Hall–Kier alpha value is -1.03. The first-order chi connectivity index (χ1) is 7.22. The van der Waals surface area contributed by atoms with Crippen LogP contribution in [0.2, 0.25) is 0 Å². The van der Waals surface area contributed by atoms with Gasteiger partial charge in [-0.3, -0.25) is 4.79 Å². The molecule has 0 radical (unpaired) electrons. The second kappa shape index (κ2) is 6.45. The molecule has 0 N–H and O–H groups in total. The van der Waals surface area contributed by atoms with Gasteiger partial charge < -0.3 is 0 Å². The van der Waals surface area contributed by atoms with Gasteiger partial charge in [-0.1, -0.05) is 19.1 Å². The molecule has 1 heteroatoms. The highest BCUT2D eigenvalue weighted by atomic mass is 16.1. The Morgan fingerprint density at radius 1 is 1.60 bits per heavy atom. The Morgan fingerprint density at radius 3 is 3.00 bits per heavy atom. The molecule has 2 unspecified atom stereocenters. The van der Waals surface area contributed by atoms with Crippen LogP contribution in [0.4, 0.5) is 0 Å². The van der Waals surface area contributed by atoms with Crippen molar-refractivity contribution in [2.75, 3.05) is 0 Å². The number of hydrogen-bond donors (Lipinski definition) is 0. The molecule has 1 aliphatic carbocycles. The minimum Gasteiger partial charge on any atom is -0.300 e. The summed E-state index contributed by atoms with van der Waals surface area (Å²) in [6, 6.07) is 0. The zero-order chi connectivity index (χ0) is 11.1. The second-order valence-electron chi connectivity index (χ2n) is 4.44. The maximum Gasteiger partial charge on any atom is 0.133 e. The van der Waals surface area contributed by atoms with E-state index in [1.165, 1.54) is 0 Å². The monoisotopic (exact) mass is 204 g/mol. The SMILES string of the molecule is CC#CCC(C)C/C=C/C1CCC(=O)C1. The zero-order valence-corrected chi connectivity index (χ0v) is 9.75. The Bertz CT molecular complexity index is 290. The van der Waals surface area contributed by atoms with E-state index in [2.05, 4.69) is 30.9 Å². The first-order valence-corrected chi connectivity index (χ1v) is 5.80. The molecule has 0 aliphatic heterocycles. The quantitative estimate of drug-likeness (QED) is 0.507. The van der Waals surface area contributed by atoms with Crippen LogP contribution in [0.25, 0.3) is 0 Å². The molecule has 2 atom stereocenters. The van der Waals surface area contributed by atoms with Crippen LogP contribution >= 0.6 is 0 Å². The molecule has 0 amide bonds. The van der Waals surface area contributed by atoms with Crippen LogP contribution in [0.1, 0.15) is 46.0 Å². The highest BCUT2D eigenvalue weighted by molar-refractivity contribution is 5.80. The summed E-state index contributed by atoms with van der Waals surface area (Å²) in [5.74, 6) is 7.58. The van der Waals surface area contributed by atoms with Crippen molar-refractivity contribution in [1.29, 1.82) is 0 Å². The molecule has 1 saturated carbocycles. The molecule has 0 saturated heterocycles. The molecule has 0 aromatic heterocycles. The molecule has 1 nitrogen and oxygen atoms in total. The van der Waals surface area contributed by atoms with Gasteiger partial charge in [0.2, 0.25) is 0 Å². The number of rotatable bonds is 4. The largest absolute Gasteiger partial charge is 0.300 e. The van der Waals surface area contributed by atoms with Gasteiger partial charge in [0.1, 0.15) is 5.78 Å². The van der Waals surface area contributed by atoms with E-state index in [1.54, 1.807) is 0 Å². The fourth-order valence-electron chi connectivity index (χ4n) is 1.87. The van der Waals surface area contributed by atoms with Gasteiger partial charge in [0.25, 0.3) is 0 Å². The van der Waals surface area contributed by atoms with E-state index in [1.807, 2.05) is 6.92 Å². The fraction of sp³-hybridized carbons (Fsp3) is 0.643. The topological polar surface area (TPSA) is 17.1 Å². The third-order valence-electron chi connectivity index (χ3n) is 2.86. The van der Waals surface area contributed by atoms with Crippen LogP contribution in [0, 0.1) is 23.7 Å². The van der Waals surface area contributed by atoms with E-state index in [9.17, 15) is 4.79 Å².